The van der Waals surface area contributed by atoms with Gasteiger partial charge in [-0.25, -0.2) is 9.59 Å². The first-order valence-corrected chi connectivity index (χ1v) is 10.1. The van der Waals surface area contributed by atoms with Crippen molar-refractivity contribution in [1.29, 1.82) is 0 Å². The highest BCUT2D eigenvalue weighted by Gasteiger charge is 3.01. The molecule has 0 aromatic carbocycles. The molecular weight excluding hydrogens is 384 g/mol. The van der Waals surface area contributed by atoms with Crippen LogP contribution < -0.4 is 0 Å². The second-order valence-corrected chi connectivity index (χ2v) is 10.6. The van der Waals surface area contributed by atoms with E-state index in [1.54, 1.807) is 0 Å². The van der Waals surface area contributed by atoms with Crippen LogP contribution in [0.4, 0.5) is 0 Å². The van der Waals surface area contributed by atoms with E-state index in [1.165, 1.54) is 6.92 Å². The normalized spacial score (nSPS) is 59.2. The van der Waals surface area contributed by atoms with Crippen molar-refractivity contribution in [3.05, 3.63) is 0 Å². The summed E-state index contributed by atoms with van der Waals surface area (Å²) in [7, 11) is 0. The number of hydrogen-bond acceptors (Lipinski definition) is 9. The van der Waals surface area contributed by atoms with E-state index < -0.39 is 70.5 Å². The first kappa shape index (κ1) is 18.1. The van der Waals surface area contributed by atoms with E-state index in [4.69, 9.17) is 18.9 Å². The van der Waals surface area contributed by atoms with Crippen LogP contribution in [0.3, 0.4) is 0 Å². The summed E-state index contributed by atoms with van der Waals surface area (Å²) >= 11 is 0. The Hall–Kier alpha value is -1.71. The number of rotatable bonds is 0. The molecule has 4 heterocycles. The van der Waals surface area contributed by atoms with Crippen molar-refractivity contribution < 1.29 is 43.5 Å². The molecule has 6 fully saturated rings. The average molecular weight is 408 g/mol. The lowest BCUT2D eigenvalue weighted by Gasteiger charge is -2.46. The summed E-state index contributed by atoms with van der Waals surface area (Å²) in [6, 6.07) is 0. The molecular formula is C20H24O9. The molecule has 0 aromatic rings. The Morgan fingerprint density at radius 1 is 1.03 bits per heavy atom. The second-order valence-electron chi connectivity index (χ2n) is 10.6. The highest BCUT2D eigenvalue weighted by atomic mass is 16.8. The van der Waals surface area contributed by atoms with Gasteiger partial charge in [0, 0.05) is 6.42 Å². The maximum atomic E-state index is 13.3. The molecule has 0 bridgehead atoms. The Kier molecular flexibility index (Phi) is 2.79. The Bertz CT molecular complexity index is 893. The minimum Gasteiger partial charge on any atom is -0.459 e. The second kappa shape index (κ2) is 4.48. The van der Waals surface area contributed by atoms with Crippen molar-refractivity contribution >= 4 is 17.9 Å². The van der Waals surface area contributed by atoms with Crippen LogP contribution in [0.15, 0.2) is 0 Å². The van der Waals surface area contributed by atoms with Crippen molar-refractivity contribution in [3.63, 3.8) is 0 Å². The van der Waals surface area contributed by atoms with Crippen molar-refractivity contribution in [2.75, 3.05) is 0 Å². The van der Waals surface area contributed by atoms with Crippen molar-refractivity contribution in [2.45, 2.75) is 76.3 Å². The molecule has 2 N–H and O–H groups in total. The summed E-state index contributed by atoms with van der Waals surface area (Å²) in [5, 5.41) is 23.0. The Morgan fingerprint density at radius 2 is 1.72 bits per heavy atom. The number of carbonyl (C=O) groups is 3. The van der Waals surface area contributed by atoms with E-state index in [0.717, 1.165) is 0 Å². The van der Waals surface area contributed by atoms with E-state index in [-0.39, 0.29) is 17.8 Å². The molecule has 0 amide bonds. The number of carbonyl (C=O) groups excluding carboxylic acids is 3. The number of hydrogen-bond donors (Lipinski definition) is 2. The molecule has 0 unspecified atom stereocenters. The SMILES string of the molecule is C[C@@H]1C(=O)O[C@H]2C[C@]34[C@H]5C[C@@H](C(C)(C)C)[C@]36[C@@H](OC(=O)[C@H]6O)O[C@@]4(C(=O)O5)[C@]21O. The van der Waals surface area contributed by atoms with Gasteiger partial charge < -0.3 is 29.2 Å². The van der Waals surface area contributed by atoms with Crippen LogP contribution in [0.25, 0.3) is 0 Å². The van der Waals surface area contributed by atoms with Gasteiger partial charge >= 0.3 is 17.9 Å². The highest BCUT2D eigenvalue weighted by molar-refractivity contribution is 5.93. The van der Waals surface area contributed by atoms with E-state index in [0.29, 0.717) is 6.42 Å². The van der Waals surface area contributed by atoms with Crippen LogP contribution in [-0.4, -0.2) is 63.9 Å². The number of ether oxygens (including phenoxy) is 4. The molecule has 0 aromatic heterocycles. The first-order chi connectivity index (χ1) is 13.4. The fraction of sp³-hybridized carbons (Fsp3) is 0.850. The molecule has 9 nitrogen and oxygen atoms in total. The predicted molar refractivity (Wildman–Crippen MR) is 90.6 cm³/mol. The molecule has 29 heavy (non-hydrogen) atoms. The number of fused-ring (bicyclic) bond motifs is 1. The van der Waals surface area contributed by atoms with Gasteiger partial charge in [0.1, 0.15) is 12.2 Å². The van der Waals surface area contributed by atoms with Gasteiger partial charge in [-0.15, -0.1) is 0 Å². The molecule has 9 heteroatoms. The third kappa shape index (κ3) is 1.35. The van der Waals surface area contributed by atoms with E-state index in [9.17, 15) is 24.6 Å². The molecule has 2 saturated carbocycles. The smallest absolute Gasteiger partial charge is 0.342 e. The largest absolute Gasteiger partial charge is 0.459 e. The van der Waals surface area contributed by atoms with Gasteiger partial charge in [-0.05, 0) is 24.7 Å². The van der Waals surface area contributed by atoms with Crippen LogP contribution in [-0.2, 0) is 33.3 Å². The molecule has 2 spiro atoms. The molecule has 4 saturated heterocycles. The van der Waals surface area contributed by atoms with Crippen LogP contribution in [0.1, 0.15) is 40.5 Å². The van der Waals surface area contributed by atoms with Crippen molar-refractivity contribution in [2.24, 2.45) is 28.1 Å². The standard InChI is InChI=1S/C20H24O9/c1-7-12(22)26-10-6-17-9-5-8(16(2,3)4)18(17)11(21)13(23)28-15(18)29-20(17,14(24)27-9)19(7,10)25/h7-11,15,21,25H,5-6H2,1-4H3/t7-,8+,9-,10+,11-,15+,17+,18+,19-,20-/m1/s1. The fourth-order valence-electron chi connectivity index (χ4n) is 8.06. The zero-order valence-corrected chi connectivity index (χ0v) is 16.6. The quantitative estimate of drug-likeness (QED) is 0.408. The first-order valence-electron chi connectivity index (χ1n) is 10.1. The van der Waals surface area contributed by atoms with Gasteiger partial charge in [0.15, 0.2) is 11.7 Å². The minimum atomic E-state index is -1.97. The van der Waals surface area contributed by atoms with Crippen LogP contribution >= 0.6 is 0 Å². The fourth-order valence-corrected chi connectivity index (χ4v) is 8.06. The van der Waals surface area contributed by atoms with E-state index >= 15 is 0 Å². The van der Waals surface area contributed by atoms with Crippen LogP contribution in [0.2, 0.25) is 0 Å². The Morgan fingerprint density at radius 3 is 2.38 bits per heavy atom. The summed E-state index contributed by atoms with van der Waals surface area (Å²) in [5.41, 5.74) is -6.81. The lowest BCUT2D eigenvalue weighted by Crippen LogP contribution is -2.66. The molecule has 0 radical (unpaired) electrons. The van der Waals surface area contributed by atoms with Crippen molar-refractivity contribution in [3.8, 4) is 0 Å². The summed E-state index contributed by atoms with van der Waals surface area (Å²) in [6.45, 7) is 7.47. The van der Waals surface area contributed by atoms with Crippen LogP contribution in [0.5, 0.6) is 0 Å². The summed E-state index contributed by atoms with van der Waals surface area (Å²) in [5.74, 6) is -3.52. The average Bonchev–Trinajstić information content (AvgIpc) is 3.31. The van der Waals surface area contributed by atoms with Gasteiger partial charge in [-0.2, -0.15) is 0 Å². The number of aliphatic hydroxyl groups is 2. The molecule has 4 aliphatic heterocycles. The zero-order valence-electron chi connectivity index (χ0n) is 16.6. The predicted octanol–water partition coefficient (Wildman–Crippen LogP) is -0.340. The van der Waals surface area contributed by atoms with Crippen LogP contribution in [0, 0.1) is 28.1 Å². The molecule has 6 rings (SSSR count). The highest BCUT2D eigenvalue weighted by Crippen LogP contribution is 2.84. The molecule has 10 atom stereocenters. The third-order valence-electron chi connectivity index (χ3n) is 8.97. The summed E-state index contributed by atoms with van der Waals surface area (Å²) < 4.78 is 22.9. The van der Waals surface area contributed by atoms with Crippen molar-refractivity contribution in [1.82, 2.24) is 0 Å². The van der Waals surface area contributed by atoms with Gasteiger partial charge in [0.2, 0.25) is 11.9 Å². The van der Waals surface area contributed by atoms with E-state index in [2.05, 4.69) is 0 Å². The minimum absolute atomic E-state index is 0.0623. The Labute approximate surface area is 166 Å². The topological polar surface area (TPSA) is 129 Å². The van der Waals surface area contributed by atoms with Gasteiger partial charge in [-0.1, -0.05) is 20.8 Å². The lowest BCUT2D eigenvalue weighted by atomic mass is 9.51. The Balaban J connectivity index is 1.68. The van der Waals surface area contributed by atoms with Gasteiger partial charge in [0.05, 0.1) is 16.7 Å². The number of esters is 3. The molecule has 2 aliphatic carbocycles. The maximum absolute atomic E-state index is 13.3. The van der Waals surface area contributed by atoms with Gasteiger partial charge in [0.25, 0.3) is 0 Å². The maximum Gasteiger partial charge on any atom is 0.342 e. The van der Waals surface area contributed by atoms with Gasteiger partial charge in [-0.3, -0.25) is 4.79 Å². The van der Waals surface area contributed by atoms with E-state index in [1.807, 2.05) is 20.8 Å². The zero-order chi connectivity index (χ0) is 20.9. The summed E-state index contributed by atoms with van der Waals surface area (Å²) in [4.78, 5) is 38.1. The monoisotopic (exact) mass is 408 g/mol. The molecule has 6 aliphatic rings. The lowest BCUT2D eigenvalue weighted by molar-refractivity contribution is -0.238. The molecule has 158 valence electrons. The summed E-state index contributed by atoms with van der Waals surface area (Å²) in [6.07, 6.45) is -3.96. The number of aliphatic hydroxyl groups excluding tert-OH is 1. The third-order valence-corrected chi connectivity index (χ3v) is 8.97.